The summed E-state index contributed by atoms with van der Waals surface area (Å²) in [5.74, 6) is 0.216. The van der Waals surface area contributed by atoms with Gasteiger partial charge in [0.1, 0.15) is 17.4 Å². The SMILES string of the molecule is N#Cc1c(N)n[nH]c1-c1ccccc1O. The minimum Gasteiger partial charge on any atom is -0.507 e. The van der Waals surface area contributed by atoms with E-state index in [0.29, 0.717) is 11.3 Å². The van der Waals surface area contributed by atoms with Crippen LogP contribution in [0.1, 0.15) is 5.56 Å². The van der Waals surface area contributed by atoms with Crippen molar-refractivity contribution in [3.8, 4) is 23.1 Å². The van der Waals surface area contributed by atoms with Crippen LogP contribution in [-0.2, 0) is 0 Å². The summed E-state index contributed by atoms with van der Waals surface area (Å²) in [5.41, 5.74) is 6.69. The predicted molar refractivity (Wildman–Crippen MR) is 54.8 cm³/mol. The maximum Gasteiger partial charge on any atom is 0.163 e. The fourth-order valence-corrected chi connectivity index (χ4v) is 1.35. The van der Waals surface area contributed by atoms with E-state index in [0.717, 1.165) is 0 Å². The molecule has 0 aliphatic heterocycles. The third-order valence-corrected chi connectivity index (χ3v) is 2.08. The first-order valence-corrected chi connectivity index (χ1v) is 4.26. The third-order valence-electron chi connectivity index (χ3n) is 2.08. The number of nitrogens with zero attached hydrogens (tertiary/aromatic N) is 2. The maximum absolute atomic E-state index is 9.60. The van der Waals surface area contributed by atoms with E-state index in [-0.39, 0.29) is 17.1 Å². The third kappa shape index (κ3) is 1.38. The summed E-state index contributed by atoms with van der Waals surface area (Å²) in [4.78, 5) is 0. The summed E-state index contributed by atoms with van der Waals surface area (Å²) in [6.45, 7) is 0. The van der Waals surface area contributed by atoms with Crippen molar-refractivity contribution in [2.75, 3.05) is 5.73 Å². The molecule has 5 nitrogen and oxygen atoms in total. The van der Waals surface area contributed by atoms with Crippen molar-refractivity contribution in [2.45, 2.75) is 0 Å². The number of nitriles is 1. The number of rotatable bonds is 1. The Balaban J connectivity index is 2.66. The second kappa shape index (κ2) is 3.35. The summed E-state index contributed by atoms with van der Waals surface area (Å²) in [6.07, 6.45) is 0. The number of hydrogen-bond donors (Lipinski definition) is 3. The normalized spacial score (nSPS) is 9.80. The summed E-state index contributed by atoms with van der Waals surface area (Å²) in [6, 6.07) is 8.61. The van der Waals surface area contributed by atoms with Crippen molar-refractivity contribution in [3.63, 3.8) is 0 Å². The average molecular weight is 200 g/mol. The summed E-state index contributed by atoms with van der Waals surface area (Å²) >= 11 is 0. The van der Waals surface area contributed by atoms with Gasteiger partial charge in [0, 0.05) is 5.56 Å². The second-order valence-corrected chi connectivity index (χ2v) is 2.99. The number of hydrogen-bond acceptors (Lipinski definition) is 4. The Morgan fingerprint density at radius 1 is 1.40 bits per heavy atom. The van der Waals surface area contributed by atoms with Crippen LogP contribution in [0, 0.1) is 11.3 Å². The average Bonchev–Trinajstić information content (AvgIpc) is 2.60. The van der Waals surface area contributed by atoms with Gasteiger partial charge in [0.25, 0.3) is 0 Å². The molecule has 0 aliphatic carbocycles. The highest BCUT2D eigenvalue weighted by Crippen LogP contribution is 2.31. The first-order chi connectivity index (χ1) is 7.24. The molecule has 15 heavy (non-hydrogen) atoms. The molecule has 0 saturated heterocycles. The van der Waals surface area contributed by atoms with E-state index in [4.69, 9.17) is 11.0 Å². The molecule has 0 fully saturated rings. The van der Waals surface area contributed by atoms with Gasteiger partial charge in [0.2, 0.25) is 0 Å². The van der Waals surface area contributed by atoms with E-state index in [1.165, 1.54) is 6.07 Å². The largest absolute Gasteiger partial charge is 0.507 e. The Kier molecular flexibility index (Phi) is 2.03. The highest BCUT2D eigenvalue weighted by Gasteiger charge is 2.14. The Morgan fingerprint density at radius 3 is 2.80 bits per heavy atom. The van der Waals surface area contributed by atoms with Gasteiger partial charge in [-0.05, 0) is 12.1 Å². The Labute approximate surface area is 85.8 Å². The molecule has 0 bridgehead atoms. The number of nitrogens with one attached hydrogen (secondary N) is 1. The van der Waals surface area contributed by atoms with Gasteiger partial charge < -0.3 is 10.8 Å². The van der Waals surface area contributed by atoms with Crippen molar-refractivity contribution in [1.82, 2.24) is 10.2 Å². The number of H-pyrrole nitrogens is 1. The van der Waals surface area contributed by atoms with Crippen LogP contribution < -0.4 is 5.73 Å². The Hall–Kier alpha value is -2.48. The first-order valence-electron chi connectivity index (χ1n) is 4.26. The zero-order chi connectivity index (χ0) is 10.8. The van der Waals surface area contributed by atoms with Gasteiger partial charge >= 0.3 is 0 Å². The molecule has 0 amide bonds. The quantitative estimate of drug-likeness (QED) is 0.644. The Bertz CT molecular complexity index is 539. The molecule has 1 aromatic carbocycles. The minimum absolute atomic E-state index is 0.0812. The number of phenols is 1. The number of nitrogens with two attached hydrogens (primary N) is 1. The van der Waals surface area contributed by atoms with Gasteiger partial charge in [-0.1, -0.05) is 12.1 Å². The molecular weight excluding hydrogens is 192 g/mol. The smallest absolute Gasteiger partial charge is 0.163 e. The first kappa shape index (κ1) is 9.09. The lowest BCUT2D eigenvalue weighted by atomic mass is 10.1. The molecule has 5 heteroatoms. The van der Waals surface area contributed by atoms with Gasteiger partial charge in [-0.25, -0.2) is 0 Å². The summed E-state index contributed by atoms with van der Waals surface area (Å²) in [7, 11) is 0. The van der Waals surface area contributed by atoms with E-state index < -0.39 is 0 Å². The van der Waals surface area contributed by atoms with Crippen molar-refractivity contribution in [2.24, 2.45) is 0 Å². The van der Waals surface area contributed by atoms with Crippen LogP contribution in [0.3, 0.4) is 0 Å². The molecule has 0 aliphatic rings. The van der Waals surface area contributed by atoms with Gasteiger partial charge in [-0.3, -0.25) is 5.10 Å². The number of aromatic hydroxyl groups is 1. The predicted octanol–water partition coefficient (Wildman–Crippen LogP) is 1.24. The zero-order valence-corrected chi connectivity index (χ0v) is 7.73. The van der Waals surface area contributed by atoms with Crippen LogP contribution in [0.4, 0.5) is 5.82 Å². The molecule has 2 rings (SSSR count). The van der Waals surface area contributed by atoms with E-state index in [2.05, 4.69) is 10.2 Å². The van der Waals surface area contributed by atoms with Crippen LogP contribution in [-0.4, -0.2) is 15.3 Å². The number of anilines is 1. The van der Waals surface area contributed by atoms with Crippen LogP contribution >= 0.6 is 0 Å². The maximum atomic E-state index is 9.60. The lowest BCUT2D eigenvalue weighted by molar-refractivity contribution is 0.477. The molecule has 2 aromatic rings. The molecule has 0 saturated carbocycles. The molecule has 0 radical (unpaired) electrons. The highest BCUT2D eigenvalue weighted by atomic mass is 16.3. The number of aromatic amines is 1. The lowest BCUT2D eigenvalue weighted by Gasteiger charge is -2.00. The number of phenolic OH excluding ortho intramolecular Hbond substituents is 1. The number of para-hydroxylation sites is 1. The monoisotopic (exact) mass is 200 g/mol. The fourth-order valence-electron chi connectivity index (χ4n) is 1.35. The van der Waals surface area contributed by atoms with Crippen molar-refractivity contribution < 1.29 is 5.11 Å². The van der Waals surface area contributed by atoms with E-state index in [9.17, 15) is 5.11 Å². The van der Waals surface area contributed by atoms with Crippen LogP contribution in [0.25, 0.3) is 11.3 Å². The van der Waals surface area contributed by atoms with Gasteiger partial charge in [-0.15, -0.1) is 0 Å². The lowest BCUT2D eigenvalue weighted by Crippen LogP contribution is -1.87. The molecule has 1 heterocycles. The Morgan fingerprint density at radius 2 is 2.13 bits per heavy atom. The van der Waals surface area contributed by atoms with Crippen LogP contribution in [0.2, 0.25) is 0 Å². The summed E-state index contributed by atoms with van der Waals surface area (Å²) in [5, 5.41) is 24.8. The fraction of sp³-hybridized carbons (Fsp3) is 0. The van der Waals surface area contributed by atoms with Gasteiger partial charge in [-0.2, -0.15) is 10.4 Å². The molecule has 0 atom stereocenters. The van der Waals surface area contributed by atoms with Crippen molar-refractivity contribution in [3.05, 3.63) is 29.8 Å². The van der Waals surface area contributed by atoms with Crippen molar-refractivity contribution >= 4 is 5.82 Å². The topological polar surface area (TPSA) is 98.7 Å². The molecule has 0 unspecified atom stereocenters. The second-order valence-electron chi connectivity index (χ2n) is 2.99. The highest BCUT2D eigenvalue weighted by molar-refractivity contribution is 5.75. The van der Waals surface area contributed by atoms with E-state index in [1.54, 1.807) is 18.2 Å². The number of benzene rings is 1. The minimum atomic E-state index is 0.0812. The number of aromatic nitrogens is 2. The molecular formula is C10H8N4O. The van der Waals surface area contributed by atoms with Gasteiger partial charge in [0.15, 0.2) is 5.82 Å². The van der Waals surface area contributed by atoms with Crippen LogP contribution in [0.5, 0.6) is 5.75 Å². The van der Waals surface area contributed by atoms with Crippen molar-refractivity contribution in [1.29, 1.82) is 5.26 Å². The number of nitrogen functional groups attached to an aromatic ring is 1. The van der Waals surface area contributed by atoms with E-state index in [1.807, 2.05) is 6.07 Å². The molecule has 4 N–H and O–H groups in total. The molecule has 74 valence electrons. The zero-order valence-electron chi connectivity index (χ0n) is 7.73. The summed E-state index contributed by atoms with van der Waals surface area (Å²) < 4.78 is 0. The van der Waals surface area contributed by atoms with Gasteiger partial charge in [0.05, 0.1) is 5.69 Å². The van der Waals surface area contributed by atoms with Crippen LogP contribution in [0.15, 0.2) is 24.3 Å². The molecule has 0 spiro atoms. The standard InChI is InChI=1S/C10H8N4O/c11-5-7-9(13-14-10(7)12)6-3-1-2-4-8(6)15/h1-4,15H,(H3,12,13,14). The molecule has 1 aromatic heterocycles. The van der Waals surface area contributed by atoms with E-state index >= 15 is 0 Å².